The van der Waals surface area contributed by atoms with Gasteiger partial charge in [-0.15, -0.1) is 0 Å². The first-order chi connectivity index (χ1) is 11.5. The number of carbonyl (C=O) groups excluding carboxylic acids is 1. The molecule has 0 radical (unpaired) electrons. The number of ether oxygens (including phenoxy) is 2. The normalized spacial score (nSPS) is 15.5. The molecule has 1 unspecified atom stereocenters. The molecule has 0 heterocycles. The molecule has 5 heteroatoms. The number of hydrogen-bond donors (Lipinski definition) is 2. The molecule has 1 atom stereocenters. The molecule has 2 aromatic rings. The Kier molecular flexibility index (Phi) is 4.66. The molecule has 0 amide bonds. The molecule has 24 heavy (non-hydrogen) atoms. The van der Waals surface area contributed by atoms with Gasteiger partial charge in [-0.3, -0.25) is 10.5 Å². The third-order valence-electron chi connectivity index (χ3n) is 4.17. The second-order valence-electron chi connectivity index (χ2n) is 5.86. The number of benzene rings is 2. The predicted molar refractivity (Wildman–Crippen MR) is 90.1 cm³/mol. The Hall–Kier alpha value is -2.21. The van der Waals surface area contributed by atoms with E-state index in [1.807, 2.05) is 36.4 Å². The van der Waals surface area contributed by atoms with Crippen molar-refractivity contribution in [3.8, 4) is 11.1 Å². The van der Waals surface area contributed by atoms with Crippen LogP contribution < -0.4 is 5.73 Å². The highest BCUT2D eigenvalue weighted by atomic mass is 16.6. The fourth-order valence-electron chi connectivity index (χ4n) is 3.17. The maximum Gasteiger partial charge on any atom is 0.312 e. The molecule has 1 aliphatic carbocycles. The highest BCUT2D eigenvalue weighted by Crippen LogP contribution is 2.44. The minimum atomic E-state index is -1.99. The molecule has 0 spiro atoms. The number of rotatable bonds is 6. The average Bonchev–Trinajstić information content (AvgIpc) is 2.86. The van der Waals surface area contributed by atoms with Crippen LogP contribution in [0.3, 0.4) is 0 Å². The molecule has 5 nitrogen and oxygen atoms in total. The molecule has 0 aliphatic heterocycles. The summed E-state index contributed by atoms with van der Waals surface area (Å²) in [6.45, 7) is 2.11. The molecule has 0 aromatic heterocycles. The molecule has 3 N–H and O–H groups in total. The van der Waals surface area contributed by atoms with E-state index >= 15 is 0 Å². The fraction of sp³-hybridized carbons (Fsp3) is 0.316. The fourth-order valence-corrected chi connectivity index (χ4v) is 3.17. The van der Waals surface area contributed by atoms with E-state index in [-0.39, 0.29) is 19.1 Å². The first-order valence-electron chi connectivity index (χ1n) is 8.01. The molecule has 126 valence electrons. The van der Waals surface area contributed by atoms with Gasteiger partial charge in [0.15, 0.2) is 0 Å². The van der Waals surface area contributed by atoms with Crippen LogP contribution in [0.4, 0.5) is 0 Å². The van der Waals surface area contributed by atoms with Crippen molar-refractivity contribution in [2.75, 3.05) is 13.2 Å². The van der Waals surface area contributed by atoms with Gasteiger partial charge in [-0.2, -0.15) is 0 Å². The van der Waals surface area contributed by atoms with Crippen molar-refractivity contribution in [3.63, 3.8) is 0 Å². The van der Waals surface area contributed by atoms with Gasteiger partial charge in [0.05, 0.1) is 0 Å². The van der Waals surface area contributed by atoms with Crippen LogP contribution in [0.2, 0.25) is 0 Å². The second kappa shape index (κ2) is 6.73. The average molecular weight is 327 g/mol. The van der Waals surface area contributed by atoms with Crippen LogP contribution in [-0.2, 0) is 14.3 Å². The van der Waals surface area contributed by atoms with Crippen molar-refractivity contribution >= 4 is 5.97 Å². The lowest BCUT2D eigenvalue weighted by Gasteiger charge is -2.22. The van der Waals surface area contributed by atoms with Crippen LogP contribution >= 0.6 is 0 Å². The van der Waals surface area contributed by atoms with Crippen molar-refractivity contribution in [2.24, 2.45) is 5.73 Å². The predicted octanol–water partition coefficient (Wildman–Crippen LogP) is 2.37. The van der Waals surface area contributed by atoms with Crippen molar-refractivity contribution < 1.29 is 19.4 Å². The summed E-state index contributed by atoms with van der Waals surface area (Å²) in [7, 11) is 0. The van der Waals surface area contributed by atoms with Crippen molar-refractivity contribution in [1.29, 1.82) is 0 Å². The number of carbonyl (C=O) groups is 1. The highest BCUT2D eigenvalue weighted by molar-refractivity contribution is 5.79. The zero-order valence-corrected chi connectivity index (χ0v) is 13.6. The van der Waals surface area contributed by atoms with Gasteiger partial charge in [-0.25, -0.2) is 0 Å². The number of nitrogens with two attached hydrogens (primary N) is 1. The molecule has 0 fully saturated rings. The zero-order chi connectivity index (χ0) is 17.2. The lowest BCUT2D eigenvalue weighted by atomic mass is 9.98. The summed E-state index contributed by atoms with van der Waals surface area (Å²) in [4.78, 5) is 12.0. The summed E-state index contributed by atoms with van der Waals surface area (Å²) in [5.74, 6) is -2.59. The van der Waals surface area contributed by atoms with Gasteiger partial charge in [0.1, 0.15) is 13.0 Å². The summed E-state index contributed by atoms with van der Waals surface area (Å²) in [6, 6.07) is 16.2. The van der Waals surface area contributed by atoms with Crippen LogP contribution in [0.5, 0.6) is 0 Å². The van der Waals surface area contributed by atoms with Crippen molar-refractivity contribution in [2.45, 2.75) is 25.2 Å². The standard InChI is InChI=1S/C19H21NO4/c1-2-24-19(20,22)11-18(21)23-12-17-15-9-5-3-7-13(15)14-8-4-6-10-16(14)17/h3-10,17,22H,2,11-12,20H2,1H3. The van der Waals surface area contributed by atoms with Gasteiger partial charge < -0.3 is 14.6 Å². The lowest BCUT2D eigenvalue weighted by Crippen LogP contribution is -2.45. The van der Waals surface area contributed by atoms with Gasteiger partial charge in [-0.05, 0) is 29.2 Å². The van der Waals surface area contributed by atoms with Crippen LogP contribution in [0, 0.1) is 0 Å². The summed E-state index contributed by atoms with van der Waals surface area (Å²) in [5, 5.41) is 9.75. The maximum absolute atomic E-state index is 12.0. The maximum atomic E-state index is 12.0. The Morgan fingerprint density at radius 3 is 2.21 bits per heavy atom. The van der Waals surface area contributed by atoms with E-state index in [0.29, 0.717) is 0 Å². The SMILES string of the molecule is CCOC(N)(O)CC(=O)OCC1c2ccccc2-c2ccccc21. The Bertz CT molecular complexity index is 696. The van der Waals surface area contributed by atoms with E-state index in [9.17, 15) is 9.90 Å². The molecule has 0 saturated carbocycles. The zero-order valence-electron chi connectivity index (χ0n) is 13.6. The van der Waals surface area contributed by atoms with E-state index in [1.165, 1.54) is 11.1 Å². The van der Waals surface area contributed by atoms with E-state index < -0.39 is 18.3 Å². The summed E-state index contributed by atoms with van der Waals surface area (Å²) in [5.41, 5.74) is 10.1. The molecular weight excluding hydrogens is 306 g/mol. The van der Waals surface area contributed by atoms with Crippen LogP contribution in [0.25, 0.3) is 11.1 Å². The number of aliphatic hydroxyl groups is 1. The van der Waals surface area contributed by atoms with E-state index in [2.05, 4.69) is 12.1 Å². The molecule has 0 saturated heterocycles. The Labute approximate surface area is 141 Å². The van der Waals surface area contributed by atoms with Gasteiger partial charge >= 0.3 is 5.97 Å². The number of hydrogen-bond acceptors (Lipinski definition) is 5. The Morgan fingerprint density at radius 2 is 1.67 bits per heavy atom. The van der Waals surface area contributed by atoms with E-state index in [1.54, 1.807) is 6.92 Å². The van der Waals surface area contributed by atoms with Gasteiger partial charge in [0.25, 0.3) is 0 Å². The van der Waals surface area contributed by atoms with E-state index in [4.69, 9.17) is 15.2 Å². The first kappa shape index (κ1) is 16.6. The summed E-state index contributed by atoms with van der Waals surface area (Å²) in [6.07, 6.45) is -0.406. The van der Waals surface area contributed by atoms with Crippen LogP contribution in [0.15, 0.2) is 48.5 Å². The Morgan fingerprint density at radius 1 is 1.12 bits per heavy atom. The largest absolute Gasteiger partial charge is 0.464 e. The minimum absolute atomic E-state index is 0.0145. The van der Waals surface area contributed by atoms with Gasteiger partial charge in [0, 0.05) is 12.5 Å². The van der Waals surface area contributed by atoms with Gasteiger partial charge in [0.2, 0.25) is 5.91 Å². The first-order valence-corrected chi connectivity index (χ1v) is 8.01. The quantitative estimate of drug-likeness (QED) is 0.629. The third-order valence-corrected chi connectivity index (χ3v) is 4.17. The topological polar surface area (TPSA) is 81.8 Å². The van der Waals surface area contributed by atoms with Crippen molar-refractivity contribution in [1.82, 2.24) is 0 Å². The summed E-state index contributed by atoms with van der Waals surface area (Å²) < 4.78 is 10.3. The molecule has 2 aromatic carbocycles. The smallest absolute Gasteiger partial charge is 0.312 e. The number of esters is 1. The van der Waals surface area contributed by atoms with Crippen LogP contribution in [0.1, 0.15) is 30.4 Å². The van der Waals surface area contributed by atoms with Gasteiger partial charge in [-0.1, -0.05) is 48.5 Å². The summed E-state index contributed by atoms with van der Waals surface area (Å²) >= 11 is 0. The second-order valence-corrected chi connectivity index (χ2v) is 5.86. The highest BCUT2D eigenvalue weighted by Gasteiger charge is 2.31. The molecule has 3 rings (SSSR count). The number of fused-ring (bicyclic) bond motifs is 3. The van der Waals surface area contributed by atoms with Crippen molar-refractivity contribution in [3.05, 3.63) is 59.7 Å². The minimum Gasteiger partial charge on any atom is -0.464 e. The Balaban J connectivity index is 1.73. The monoisotopic (exact) mass is 327 g/mol. The molecule has 1 aliphatic rings. The van der Waals surface area contributed by atoms with Crippen LogP contribution in [-0.4, -0.2) is 30.2 Å². The third kappa shape index (κ3) is 3.33. The molecular formula is C19H21NO4. The van der Waals surface area contributed by atoms with E-state index in [0.717, 1.165) is 11.1 Å². The molecule has 0 bridgehead atoms. The lowest BCUT2D eigenvalue weighted by molar-refractivity contribution is -0.208.